The Morgan fingerprint density at radius 2 is 1.78 bits per heavy atom. The standard InChI is InChI=1S/C25H28N8O12S/c26-13(20(36)37)8-45-25(43)29-12-3-1-10(2-4-12)14(31-24(42)32-6-5-28-23(32)41)17(34)30-15-18(35)33-16(21(38)39)11(7-44-22(27)40)9-46-19(15)33/h1-4,13-15,19H,5-9,26H2,(H2,27,40)(H,28,41)(H,29,43)(H,30,34)(H,31,42)(H,36,37)(H,38,39)/t13-,14-,15-,19+/m1/s1. The van der Waals surface area contributed by atoms with Gasteiger partial charge < -0.3 is 47.1 Å². The van der Waals surface area contributed by atoms with E-state index in [4.69, 9.17) is 26.0 Å². The maximum absolute atomic E-state index is 13.5. The van der Waals surface area contributed by atoms with E-state index in [1.807, 2.05) is 0 Å². The van der Waals surface area contributed by atoms with Crippen molar-refractivity contribution >= 4 is 65.5 Å². The van der Waals surface area contributed by atoms with Gasteiger partial charge in [-0.2, -0.15) is 0 Å². The van der Waals surface area contributed by atoms with Crippen molar-refractivity contribution in [2.75, 3.05) is 37.4 Å². The van der Waals surface area contributed by atoms with Crippen molar-refractivity contribution < 1.29 is 58.0 Å². The summed E-state index contributed by atoms with van der Waals surface area (Å²) in [7, 11) is 0. The third-order valence-electron chi connectivity index (χ3n) is 6.77. The van der Waals surface area contributed by atoms with Crippen molar-refractivity contribution in [1.82, 2.24) is 25.8 Å². The van der Waals surface area contributed by atoms with Gasteiger partial charge in [-0.25, -0.2) is 28.9 Å². The first kappa shape index (κ1) is 33.3. The smallest absolute Gasteiger partial charge is 0.411 e. The van der Waals surface area contributed by atoms with Gasteiger partial charge in [-0.05, 0) is 17.7 Å². The average molecular weight is 665 g/mol. The van der Waals surface area contributed by atoms with Crippen molar-refractivity contribution in [3.8, 4) is 0 Å². The van der Waals surface area contributed by atoms with Gasteiger partial charge in [0.05, 0.1) is 0 Å². The Hall–Kier alpha value is -5.57. The molecule has 4 atom stereocenters. The van der Waals surface area contributed by atoms with Crippen LogP contribution in [0.15, 0.2) is 35.5 Å². The Kier molecular flexibility index (Phi) is 10.2. The van der Waals surface area contributed by atoms with E-state index in [1.54, 1.807) is 0 Å². The van der Waals surface area contributed by atoms with Crippen molar-refractivity contribution in [3.05, 3.63) is 41.1 Å². The van der Waals surface area contributed by atoms with Crippen LogP contribution in [0.1, 0.15) is 11.6 Å². The number of imide groups is 1. The summed E-state index contributed by atoms with van der Waals surface area (Å²) in [6, 6.07) is -0.316. The summed E-state index contributed by atoms with van der Waals surface area (Å²) in [5, 5.41) is 27.5. The molecule has 3 aliphatic rings. The number of amides is 8. The lowest BCUT2D eigenvalue weighted by atomic mass is 10.0. The first-order chi connectivity index (χ1) is 21.8. The van der Waals surface area contributed by atoms with Crippen molar-refractivity contribution in [2.45, 2.75) is 23.5 Å². The first-order valence-corrected chi connectivity index (χ1v) is 14.3. The molecule has 0 saturated carbocycles. The molecule has 0 radical (unpaired) electrons. The van der Waals surface area contributed by atoms with Gasteiger partial charge in [0, 0.05) is 30.1 Å². The molecule has 246 valence electrons. The number of carbonyl (C=O) groups excluding carboxylic acids is 6. The SMILES string of the molecule is NC(=O)OCC1=C(C(=O)O)N2C(=O)[C@@H](NC(=O)[C@H](NC(=O)N3CCNC3=O)c3ccc(NC(=O)OC[C@@H](N)C(=O)O)cc3)[C@@H]2SC1. The van der Waals surface area contributed by atoms with Crippen LogP contribution in [0.4, 0.5) is 24.9 Å². The number of carbonyl (C=O) groups is 8. The second-order valence-electron chi connectivity index (χ2n) is 9.82. The van der Waals surface area contributed by atoms with Crippen LogP contribution in [0.25, 0.3) is 0 Å². The zero-order valence-electron chi connectivity index (χ0n) is 23.6. The fourth-order valence-corrected chi connectivity index (χ4v) is 5.83. The number of hydrogen-bond acceptors (Lipinski definition) is 12. The molecule has 46 heavy (non-hydrogen) atoms. The molecule has 4 rings (SSSR count). The van der Waals surface area contributed by atoms with E-state index in [9.17, 15) is 43.5 Å². The summed E-state index contributed by atoms with van der Waals surface area (Å²) in [6.07, 6.45) is -2.14. The third kappa shape index (κ3) is 7.38. The van der Waals surface area contributed by atoms with Gasteiger partial charge in [0.2, 0.25) is 5.91 Å². The maximum atomic E-state index is 13.5. The van der Waals surface area contributed by atoms with E-state index < -0.39 is 90.4 Å². The highest BCUT2D eigenvalue weighted by Gasteiger charge is 2.54. The molecule has 1 aromatic rings. The summed E-state index contributed by atoms with van der Waals surface area (Å²) >= 11 is 1.10. The van der Waals surface area contributed by atoms with Crippen LogP contribution in [0.2, 0.25) is 0 Å². The number of carboxylic acid groups (broad SMARTS) is 2. The molecule has 1 aromatic carbocycles. The number of nitrogens with two attached hydrogens (primary N) is 2. The second-order valence-corrected chi connectivity index (χ2v) is 10.9. The molecule has 0 aromatic heterocycles. The third-order valence-corrected chi connectivity index (χ3v) is 8.11. The number of β-lactam (4-membered cyclic amide) rings is 1. The summed E-state index contributed by atoms with van der Waals surface area (Å²) in [5.74, 6) is -4.43. The Labute approximate surface area is 262 Å². The molecular weight excluding hydrogens is 636 g/mol. The monoisotopic (exact) mass is 664 g/mol. The molecule has 0 unspecified atom stereocenters. The number of hydrogen-bond donors (Lipinski definition) is 8. The number of anilines is 1. The molecule has 2 fully saturated rings. The normalized spacial score (nSPS) is 19.9. The molecule has 10 N–H and O–H groups in total. The minimum absolute atomic E-state index is 0.0242. The molecule has 2 saturated heterocycles. The largest absolute Gasteiger partial charge is 0.480 e. The fraction of sp³-hybridized carbons (Fsp3) is 0.360. The summed E-state index contributed by atoms with van der Waals surface area (Å²) in [6.45, 7) is -0.834. The molecule has 3 heterocycles. The summed E-state index contributed by atoms with van der Waals surface area (Å²) < 4.78 is 9.44. The number of ether oxygens (including phenoxy) is 2. The minimum Gasteiger partial charge on any atom is -0.480 e. The van der Waals surface area contributed by atoms with Crippen LogP contribution in [0, 0.1) is 0 Å². The minimum atomic E-state index is -1.47. The molecule has 8 amide bonds. The van der Waals surface area contributed by atoms with Gasteiger partial charge in [-0.3, -0.25) is 24.6 Å². The van der Waals surface area contributed by atoms with Crippen molar-refractivity contribution in [1.29, 1.82) is 0 Å². The Bertz CT molecular complexity index is 1500. The van der Waals surface area contributed by atoms with E-state index in [0.29, 0.717) is 0 Å². The molecule has 0 aliphatic carbocycles. The zero-order chi connectivity index (χ0) is 33.7. The predicted molar refractivity (Wildman–Crippen MR) is 154 cm³/mol. The van der Waals surface area contributed by atoms with Crippen LogP contribution in [-0.2, 0) is 28.7 Å². The van der Waals surface area contributed by atoms with Gasteiger partial charge in [0.15, 0.2) is 0 Å². The Morgan fingerprint density at radius 3 is 2.37 bits per heavy atom. The number of urea groups is 2. The van der Waals surface area contributed by atoms with Crippen molar-refractivity contribution in [3.63, 3.8) is 0 Å². The van der Waals surface area contributed by atoms with Crippen LogP contribution >= 0.6 is 11.8 Å². The summed E-state index contributed by atoms with van der Waals surface area (Å²) in [5.41, 5.74) is 10.3. The number of thioether (sulfide) groups is 1. The number of aliphatic carboxylic acids is 2. The van der Waals surface area contributed by atoms with Crippen LogP contribution in [0.5, 0.6) is 0 Å². The van der Waals surface area contributed by atoms with Crippen LogP contribution in [-0.4, -0.2) is 118 Å². The average Bonchev–Trinajstić information content (AvgIpc) is 3.45. The molecule has 0 bridgehead atoms. The highest BCUT2D eigenvalue weighted by molar-refractivity contribution is 8.00. The summed E-state index contributed by atoms with van der Waals surface area (Å²) in [4.78, 5) is 99.1. The lowest BCUT2D eigenvalue weighted by Crippen LogP contribution is -2.71. The van der Waals surface area contributed by atoms with Gasteiger partial charge in [0.1, 0.15) is 42.4 Å². The fourth-order valence-electron chi connectivity index (χ4n) is 4.51. The molecular formula is C25H28N8O12S. The van der Waals surface area contributed by atoms with E-state index in [1.165, 1.54) is 24.3 Å². The van der Waals surface area contributed by atoms with Gasteiger partial charge in [-0.1, -0.05) is 12.1 Å². The van der Waals surface area contributed by atoms with Gasteiger partial charge in [0.25, 0.3) is 5.91 Å². The Balaban J connectivity index is 1.49. The Morgan fingerprint density at radius 1 is 1.09 bits per heavy atom. The maximum Gasteiger partial charge on any atom is 0.411 e. The number of nitrogens with zero attached hydrogens (tertiary/aromatic N) is 2. The number of nitrogens with one attached hydrogen (secondary N) is 4. The van der Waals surface area contributed by atoms with E-state index in [-0.39, 0.29) is 35.7 Å². The van der Waals surface area contributed by atoms with E-state index >= 15 is 0 Å². The number of rotatable bonds is 11. The lowest BCUT2D eigenvalue weighted by molar-refractivity contribution is -0.151. The topological polar surface area (TPSA) is 302 Å². The van der Waals surface area contributed by atoms with E-state index in [2.05, 4.69) is 21.3 Å². The molecule has 0 spiro atoms. The number of primary amides is 1. The molecule has 20 nitrogen and oxygen atoms in total. The number of carboxylic acids is 2. The van der Waals surface area contributed by atoms with Crippen molar-refractivity contribution in [2.24, 2.45) is 11.5 Å². The quantitative estimate of drug-likeness (QED) is 0.122. The van der Waals surface area contributed by atoms with Crippen LogP contribution < -0.4 is 32.7 Å². The predicted octanol–water partition coefficient (Wildman–Crippen LogP) is -1.74. The number of benzene rings is 1. The van der Waals surface area contributed by atoms with Gasteiger partial charge in [-0.15, -0.1) is 11.8 Å². The highest BCUT2D eigenvalue weighted by atomic mass is 32.2. The lowest BCUT2D eigenvalue weighted by Gasteiger charge is -2.49. The second kappa shape index (κ2) is 14.0. The van der Waals surface area contributed by atoms with E-state index in [0.717, 1.165) is 21.6 Å². The van der Waals surface area contributed by atoms with Crippen LogP contribution in [0.3, 0.4) is 0 Å². The molecule has 21 heteroatoms. The number of fused-ring (bicyclic) bond motifs is 1. The molecule has 3 aliphatic heterocycles. The highest BCUT2D eigenvalue weighted by Crippen LogP contribution is 2.40. The van der Waals surface area contributed by atoms with Gasteiger partial charge >= 0.3 is 36.2 Å². The first-order valence-electron chi connectivity index (χ1n) is 13.3. The zero-order valence-corrected chi connectivity index (χ0v) is 24.4.